The molecule has 1 aliphatic rings. The SMILES string of the molecule is O=C(Cc1ccccc1)Nc1nc2sccn2c1-c1ccnc(Nc2cccc(OCCCN3CCOCC3)c2)n1. The average molecular weight is 570 g/mol. The summed E-state index contributed by atoms with van der Waals surface area (Å²) in [6, 6.07) is 19.2. The van der Waals surface area contributed by atoms with Crippen LogP contribution in [0, 0.1) is 0 Å². The van der Waals surface area contributed by atoms with Crippen LogP contribution in [0.5, 0.6) is 5.75 Å². The highest BCUT2D eigenvalue weighted by Crippen LogP contribution is 2.31. The lowest BCUT2D eigenvalue weighted by molar-refractivity contribution is -0.115. The minimum atomic E-state index is -0.141. The van der Waals surface area contributed by atoms with Crippen molar-refractivity contribution in [3.05, 3.63) is 84.0 Å². The van der Waals surface area contributed by atoms with Crippen LogP contribution in [0.1, 0.15) is 12.0 Å². The van der Waals surface area contributed by atoms with Gasteiger partial charge in [-0.1, -0.05) is 36.4 Å². The molecule has 1 saturated heterocycles. The van der Waals surface area contributed by atoms with Gasteiger partial charge in [-0.3, -0.25) is 14.1 Å². The zero-order valence-electron chi connectivity index (χ0n) is 22.5. The standard InChI is InChI=1S/C30H31N7O3S/c38-26(20-22-6-2-1-3-7-22)34-28-27(37-15-19-41-30(37)35-28)25-10-11-31-29(33-25)32-23-8-4-9-24(21-23)40-16-5-12-36-13-17-39-18-14-36/h1-4,6-11,15,19,21H,5,12-14,16-18,20H2,(H,34,38)(H,31,32,33). The van der Waals surface area contributed by atoms with Crippen LogP contribution in [0.4, 0.5) is 17.5 Å². The maximum atomic E-state index is 12.9. The van der Waals surface area contributed by atoms with E-state index in [-0.39, 0.29) is 12.3 Å². The summed E-state index contributed by atoms with van der Waals surface area (Å²) in [5.74, 6) is 1.54. The summed E-state index contributed by atoms with van der Waals surface area (Å²) < 4.78 is 13.3. The summed E-state index contributed by atoms with van der Waals surface area (Å²) in [6.45, 7) is 5.23. The number of thiazole rings is 1. The van der Waals surface area contributed by atoms with Gasteiger partial charge in [0.15, 0.2) is 10.8 Å². The predicted molar refractivity (Wildman–Crippen MR) is 160 cm³/mol. The van der Waals surface area contributed by atoms with Crippen LogP contribution < -0.4 is 15.4 Å². The van der Waals surface area contributed by atoms with Gasteiger partial charge in [-0.2, -0.15) is 0 Å². The van der Waals surface area contributed by atoms with Crippen molar-refractivity contribution in [2.45, 2.75) is 12.8 Å². The molecule has 0 bridgehead atoms. The second-order valence-electron chi connectivity index (χ2n) is 9.65. The van der Waals surface area contributed by atoms with Crippen LogP contribution in [0.25, 0.3) is 16.3 Å². The van der Waals surface area contributed by atoms with E-state index in [0.29, 0.717) is 29.8 Å². The number of ether oxygens (including phenoxy) is 2. The molecule has 0 aliphatic carbocycles. The fraction of sp³-hybridized carbons (Fsp3) is 0.267. The highest BCUT2D eigenvalue weighted by molar-refractivity contribution is 7.15. The Hall–Kier alpha value is -4.32. The number of rotatable bonds is 11. The third-order valence-electron chi connectivity index (χ3n) is 6.71. The maximum Gasteiger partial charge on any atom is 0.230 e. The molecule has 0 atom stereocenters. The van der Waals surface area contributed by atoms with Crippen LogP contribution >= 0.6 is 11.3 Å². The van der Waals surface area contributed by atoms with Crippen molar-refractivity contribution in [2.75, 3.05) is 50.1 Å². The molecule has 210 valence electrons. The number of carbonyl (C=O) groups excluding carboxylic acids is 1. The van der Waals surface area contributed by atoms with E-state index in [2.05, 4.69) is 25.5 Å². The van der Waals surface area contributed by atoms with Crippen molar-refractivity contribution in [2.24, 2.45) is 0 Å². The summed E-state index contributed by atoms with van der Waals surface area (Å²) in [4.78, 5) is 29.9. The molecule has 2 N–H and O–H groups in total. The Labute approximate surface area is 242 Å². The molecule has 0 radical (unpaired) electrons. The Bertz CT molecular complexity index is 1600. The molecule has 1 fully saturated rings. The second kappa shape index (κ2) is 12.9. The molecule has 0 unspecified atom stereocenters. The molecular weight excluding hydrogens is 538 g/mol. The first-order valence-electron chi connectivity index (χ1n) is 13.6. The van der Waals surface area contributed by atoms with E-state index in [4.69, 9.17) is 14.5 Å². The van der Waals surface area contributed by atoms with Crippen molar-refractivity contribution in [3.63, 3.8) is 0 Å². The van der Waals surface area contributed by atoms with Crippen LogP contribution in [-0.2, 0) is 16.0 Å². The number of fused-ring (bicyclic) bond motifs is 1. The molecular formula is C30H31N7O3S. The lowest BCUT2D eigenvalue weighted by Crippen LogP contribution is -2.37. The quantitative estimate of drug-likeness (QED) is 0.217. The first-order valence-corrected chi connectivity index (χ1v) is 14.5. The zero-order chi connectivity index (χ0) is 27.9. The molecule has 41 heavy (non-hydrogen) atoms. The van der Waals surface area contributed by atoms with Crippen LogP contribution in [0.15, 0.2) is 78.4 Å². The summed E-state index contributed by atoms with van der Waals surface area (Å²) >= 11 is 1.49. The van der Waals surface area contributed by atoms with Gasteiger partial charge in [0.2, 0.25) is 11.9 Å². The van der Waals surface area contributed by atoms with E-state index in [9.17, 15) is 4.79 Å². The minimum Gasteiger partial charge on any atom is -0.493 e. The molecule has 6 rings (SSSR count). The van der Waals surface area contributed by atoms with Gasteiger partial charge in [0.05, 0.1) is 31.9 Å². The van der Waals surface area contributed by atoms with Gasteiger partial charge in [0.25, 0.3) is 0 Å². The average Bonchev–Trinajstić information content (AvgIpc) is 3.58. The van der Waals surface area contributed by atoms with Gasteiger partial charge >= 0.3 is 0 Å². The maximum absolute atomic E-state index is 12.9. The predicted octanol–water partition coefficient (Wildman–Crippen LogP) is 4.88. The van der Waals surface area contributed by atoms with Crippen molar-refractivity contribution in [1.82, 2.24) is 24.3 Å². The Morgan fingerprint density at radius 3 is 2.80 bits per heavy atom. The van der Waals surface area contributed by atoms with Crippen molar-refractivity contribution >= 4 is 39.7 Å². The molecule has 1 aliphatic heterocycles. The number of imidazole rings is 1. The van der Waals surface area contributed by atoms with E-state index in [1.54, 1.807) is 6.20 Å². The van der Waals surface area contributed by atoms with Crippen LogP contribution in [0.2, 0.25) is 0 Å². The number of benzene rings is 2. The molecule has 0 saturated carbocycles. The number of hydrogen-bond donors (Lipinski definition) is 2. The molecule has 5 aromatic rings. The van der Waals surface area contributed by atoms with Gasteiger partial charge in [-0.05, 0) is 30.2 Å². The zero-order valence-corrected chi connectivity index (χ0v) is 23.3. The smallest absolute Gasteiger partial charge is 0.230 e. The van der Waals surface area contributed by atoms with E-state index < -0.39 is 0 Å². The molecule has 11 heteroatoms. The third-order valence-corrected chi connectivity index (χ3v) is 7.46. The van der Waals surface area contributed by atoms with E-state index in [1.807, 2.05) is 76.6 Å². The Kier molecular flexibility index (Phi) is 8.46. The number of anilines is 3. The van der Waals surface area contributed by atoms with Gasteiger partial charge in [-0.15, -0.1) is 11.3 Å². The Balaban J connectivity index is 1.13. The normalized spacial score (nSPS) is 13.8. The highest BCUT2D eigenvalue weighted by Gasteiger charge is 2.19. The second-order valence-corrected chi connectivity index (χ2v) is 10.5. The first-order chi connectivity index (χ1) is 20.2. The van der Waals surface area contributed by atoms with Crippen LogP contribution in [0.3, 0.4) is 0 Å². The molecule has 1 amide bonds. The number of nitrogens with zero attached hydrogens (tertiary/aromatic N) is 5. The largest absolute Gasteiger partial charge is 0.493 e. The van der Waals surface area contributed by atoms with E-state index in [0.717, 1.165) is 61.2 Å². The fourth-order valence-corrected chi connectivity index (χ4v) is 5.44. The molecule has 4 heterocycles. The number of amides is 1. The minimum absolute atomic E-state index is 0.141. The van der Waals surface area contributed by atoms with Gasteiger partial charge in [-0.25, -0.2) is 15.0 Å². The van der Waals surface area contributed by atoms with Crippen molar-refractivity contribution < 1.29 is 14.3 Å². The third kappa shape index (κ3) is 6.88. The Morgan fingerprint density at radius 2 is 1.93 bits per heavy atom. The molecule has 10 nitrogen and oxygen atoms in total. The summed E-state index contributed by atoms with van der Waals surface area (Å²) in [5, 5.41) is 8.22. The van der Waals surface area contributed by atoms with Crippen molar-refractivity contribution in [1.29, 1.82) is 0 Å². The van der Waals surface area contributed by atoms with E-state index >= 15 is 0 Å². The van der Waals surface area contributed by atoms with E-state index in [1.165, 1.54) is 11.3 Å². The highest BCUT2D eigenvalue weighted by atomic mass is 32.1. The number of carbonyl (C=O) groups is 1. The molecule has 0 spiro atoms. The van der Waals surface area contributed by atoms with Crippen LogP contribution in [-0.4, -0.2) is 69.6 Å². The first kappa shape index (κ1) is 26.9. The monoisotopic (exact) mass is 569 g/mol. The number of hydrogen-bond acceptors (Lipinski definition) is 9. The molecule has 3 aromatic heterocycles. The number of morpholine rings is 1. The van der Waals surface area contributed by atoms with Gasteiger partial charge in [0.1, 0.15) is 11.4 Å². The molecule has 2 aromatic carbocycles. The summed E-state index contributed by atoms with van der Waals surface area (Å²) in [6.07, 6.45) is 4.82. The summed E-state index contributed by atoms with van der Waals surface area (Å²) in [5.41, 5.74) is 3.09. The lowest BCUT2D eigenvalue weighted by Gasteiger charge is -2.26. The number of aromatic nitrogens is 4. The van der Waals surface area contributed by atoms with Crippen molar-refractivity contribution in [3.8, 4) is 17.1 Å². The fourth-order valence-electron chi connectivity index (χ4n) is 4.72. The van der Waals surface area contributed by atoms with Gasteiger partial charge in [0, 0.05) is 49.2 Å². The lowest BCUT2D eigenvalue weighted by atomic mass is 10.1. The number of nitrogens with one attached hydrogen (secondary N) is 2. The van der Waals surface area contributed by atoms with Gasteiger partial charge < -0.3 is 20.1 Å². The Morgan fingerprint density at radius 1 is 1.05 bits per heavy atom. The summed E-state index contributed by atoms with van der Waals surface area (Å²) in [7, 11) is 0. The topological polar surface area (TPSA) is 106 Å².